The Morgan fingerprint density at radius 1 is 1.39 bits per heavy atom. The average molecular weight is 324 g/mol. The number of carbonyl (C=O) groups is 1. The standard InChI is InChI=1S/C14H14BrNOS/c1-9-5-6-12(15)11(8-9)14(17)16-10(2)13-4-3-7-18-13/h3-8,10H,1-2H3,(H,16,17). The molecule has 0 radical (unpaired) electrons. The molecule has 0 aliphatic carbocycles. The fourth-order valence-corrected chi connectivity index (χ4v) is 2.86. The topological polar surface area (TPSA) is 29.1 Å². The average Bonchev–Trinajstić information content (AvgIpc) is 2.85. The summed E-state index contributed by atoms with van der Waals surface area (Å²) >= 11 is 5.06. The molecule has 0 saturated carbocycles. The van der Waals surface area contributed by atoms with E-state index in [2.05, 4.69) is 21.2 Å². The van der Waals surface area contributed by atoms with Gasteiger partial charge in [0.25, 0.3) is 5.91 Å². The van der Waals surface area contributed by atoms with E-state index in [9.17, 15) is 4.79 Å². The second-order valence-corrected chi connectivity index (χ2v) is 6.03. The summed E-state index contributed by atoms with van der Waals surface area (Å²) in [6.07, 6.45) is 0. The number of carbonyl (C=O) groups excluding carboxylic acids is 1. The molecule has 0 fully saturated rings. The molecule has 0 spiro atoms. The number of thiophene rings is 1. The van der Waals surface area contributed by atoms with Gasteiger partial charge in [0, 0.05) is 9.35 Å². The number of hydrogen-bond acceptors (Lipinski definition) is 2. The molecule has 0 bridgehead atoms. The first kappa shape index (κ1) is 13.3. The quantitative estimate of drug-likeness (QED) is 0.895. The van der Waals surface area contributed by atoms with E-state index in [1.807, 2.05) is 49.6 Å². The van der Waals surface area contributed by atoms with Crippen molar-refractivity contribution in [1.29, 1.82) is 0 Å². The summed E-state index contributed by atoms with van der Waals surface area (Å²) in [4.78, 5) is 13.3. The largest absolute Gasteiger partial charge is 0.345 e. The first-order chi connectivity index (χ1) is 8.58. The number of amides is 1. The molecule has 4 heteroatoms. The van der Waals surface area contributed by atoms with Gasteiger partial charge in [-0.25, -0.2) is 0 Å². The summed E-state index contributed by atoms with van der Waals surface area (Å²) in [5.74, 6) is -0.0496. The Kier molecular flexibility index (Phi) is 4.19. The highest BCUT2D eigenvalue weighted by atomic mass is 79.9. The maximum atomic E-state index is 12.2. The summed E-state index contributed by atoms with van der Waals surface area (Å²) < 4.78 is 0.823. The minimum absolute atomic E-state index is 0.0323. The highest BCUT2D eigenvalue weighted by Gasteiger charge is 2.14. The molecule has 2 nitrogen and oxygen atoms in total. The molecule has 18 heavy (non-hydrogen) atoms. The normalized spacial score (nSPS) is 12.2. The van der Waals surface area contributed by atoms with Crippen LogP contribution in [0.5, 0.6) is 0 Å². The Balaban J connectivity index is 2.15. The second-order valence-electron chi connectivity index (χ2n) is 4.19. The van der Waals surface area contributed by atoms with Gasteiger partial charge in [0.2, 0.25) is 0 Å². The van der Waals surface area contributed by atoms with Gasteiger partial charge in [-0.3, -0.25) is 4.79 Å². The number of aryl methyl sites for hydroxylation is 1. The van der Waals surface area contributed by atoms with Crippen LogP contribution in [-0.2, 0) is 0 Å². The van der Waals surface area contributed by atoms with Crippen molar-refractivity contribution < 1.29 is 4.79 Å². The molecule has 0 aliphatic rings. The van der Waals surface area contributed by atoms with Crippen molar-refractivity contribution in [3.05, 3.63) is 56.2 Å². The summed E-state index contributed by atoms with van der Waals surface area (Å²) in [6, 6.07) is 9.82. The molecule has 1 heterocycles. The molecule has 0 aliphatic heterocycles. The van der Waals surface area contributed by atoms with Gasteiger partial charge >= 0.3 is 0 Å². The third-order valence-electron chi connectivity index (χ3n) is 2.68. The Morgan fingerprint density at radius 2 is 2.17 bits per heavy atom. The van der Waals surface area contributed by atoms with Crippen molar-refractivity contribution in [1.82, 2.24) is 5.32 Å². The molecule has 94 valence electrons. The summed E-state index contributed by atoms with van der Waals surface area (Å²) in [6.45, 7) is 3.97. The Morgan fingerprint density at radius 3 is 2.83 bits per heavy atom. The molecule has 1 atom stereocenters. The van der Waals surface area contributed by atoms with Crippen molar-refractivity contribution in [3.63, 3.8) is 0 Å². The Hall–Kier alpha value is -1.13. The molecule has 2 aromatic rings. The molecule has 1 N–H and O–H groups in total. The van der Waals surface area contributed by atoms with Crippen LogP contribution in [0.15, 0.2) is 40.2 Å². The van der Waals surface area contributed by atoms with E-state index in [1.165, 1.54) is 0 Å². The van der Waals surface area contributed by atoms with E-state index in [0.29, 0.717) is 5.56 Å². The number of hydrogen-bond donors (Lipinski definition) is 1. The van der Waals surface area contributed by atoms with Crippen LogP contribution in [0.1, 0.15) is 33.8 Å². The van der Waals surface area contributed by atoms with Crippen molar-refractivity contribution in [3.8, 4) is 0 Å². The van der Waals surface area contributed by atoms with Crippen molar-refractivity contribution >= 4 is 33.2 Å². The van der Waals surface area contributed by atoms with Crippen LogP contribution in [0.4, 0.5) is 0 Å². The zero-order valence-electron chi connectivity index (χ0n) is 10.2. The van der Waals surface area contributed by atoms with E-state index < -0.39 is 0 Å². The van der Waals surface area contributed by atoms with Gasteiger partial charge in [0.1, 0.15) is 0 Å². The van der Waals surface area contributed by atoms with Gasteiger partial charge in [-0.2, -0.15) is 0 Å². The minimum Gasteiger partial charge on any atom is -0.345 e. The lowest BCUT2D eigenvalue weighted by atomic mass is 10.1. The van der Waals surface area contributed by atoms with Gasteiger partial charge in [0.15, 0.2) is 0 Å². The minimum atomic E-state index is -0.0496. The van der Waals surface area contributed by atoms with Crippen LogP contribution in [0, 0.1) is 6.92 Å². The van der Waals surface area contributed by atoms with Crippen LogP contribution in [-0.4, -0.2) is 5.91 Å². The molecule has 2 rings (SSSR count). The first-order valence-electron chi connectivity index (χ1n) is 5.68. The van der Waals surface area contributed by atoms with Gasteiger partial charge < -0.3 is 5.32 Å². The number of nitrogens with one attached hydrogen (secondary N) is 1. The van der Waals surface area contributed by atoms with Gasteiger partial charge in [-0.15, -0.1) is 11.3 Å². The van der Waals surface area contributed by atoms with E-state index in [0.717, 1.165) is 14.9 Å². The monoisotopic (exact) mass is 323 g/mol. The highest BCUT2D eigenvalue weighted by Crippen LogP contribution is 2.21. The van der Waals surface area contributed by atoms with Crippen molar-refractivity contribution in [2.24, 2.45) is 0 Å². The molecular weight excluding hydrogens is 310 g/mol. The van der Waals surface area contributed by atoms with Crippen molar-refractivity contribution in [2.75, 3.05) is 0 Å². The highest BCUT2D eigenvalue weighted by molar-refractivity contribution is 9.10. The third-order valence-corrected chi connectivity index (χ3v) is 4.43. The first-order valence-corrected chi connectivity index (χ1v) is 7.35. The lowest BCUT2D eigenvalue weighted by molar-refractivity contribution is 0.0939. The van der Waals surface area contributed by atoms with E-state index in [-0.39, 0.29) is 11.9 Å². The summed E-state index contributed by atoms with van der Waals surface area (Å²) in [5, 5.41) is 5.02. The molecule has 1 unspecified atom stereocenters. The van der Waals surface area contributed by atoms with Gasteiger partial charge in [0.05, 0.1) is 11.6 Å². The third kappa shape index (κ3) is 3.00. The van der Waals surface area contributed by atoms with Crippen LogP contribution in [0.2, 0.25) is 0 Å². The molecule has 1 aromatic carbocycles. The molecule has 0 saturated heterocycles. The number of halogens is 1. The van der Waals surface area contributed by atoms with Crippen molar-refractivity contribution in [2.45, 2.75) is 19.9 Å². The summed E-state index contributed by atoms with van der Waals surface area (Å²) in [7, 11) is 0. The van der Waals surface area contributed by atoms with E-state index in [1.54, 1.807) is 11.3 Å². The maximum absolute atomic E-state index is 12.2. The molecular formula is C14H14BrNOS. The van der Waals surface area contributed by atoms with Gasteiger partial charge in [-0.1, -0.05) is 17.7 Å². The SMILES string of the molecule is Cc1ccc(Br)c(C(=O)NC(C)c2cccs2)c1. The zero-order chi connectivity index (χ0) is 13.1. The fourth-order valence-electron chi connectivity index (χ4n) is 1.70. The summed E-state index contributed by atoms with van der Waals surface area (Å²) in [5.41, 5.74) is 1.76. The maximum Gasteiger partial charge on any atom is 0.252 e. The number of rotatable bonds is 3. The zero-order valence-corrected chi connectivity index (χ0v) is 12.6. The Labute approximate surface area is 119 Å². The predicted molar refractivity (Wildman–Crippen MR) is 79.1 cm³/mol. The second kappa shape index (κ2) is 5.67. The smallest absolute Gasteiger partial charge is 0.252 e. The Bertz CT molecular complexity index is 551. The molecule has 1 amide bonds. The molecule has 1 aromatic heterocycles. The van der Waals surface area contributed by atoms with Gasteiger partial charge in [-0.05, 0) is 53.4 Å². The van der Waals surface area contributed by atoms with Crippen LogP contribution in [0.25, 0.3) is 0 Å². The fraction of sp³-hybridized carbons (Fsp3) is 0.214. The number of benzene rings is 1. The van der Waals surface area contributed by atoms with Crippen LogP contribution < -0.4 is 5.32 Å². The lowest BCUT2D eigenvalue weighted by Gasteiger charge is -2.13. The van der Waals surface area contributed by atoms with Crippen LogP contribution >= 0.6 is 27.3 Å². The lowest BCUT2D eigenvalue weighted by Crippen LogP contribution is -2.26. The van der Waals surface area contributed by atoms with E-state index in [4.69, 9.17) is 0 Å². The van der Waals surface area contributed by atoms with E-state index >= 15 is 0 Å². The van der Waals surface area contributed by atoms with Crippen LogP contribution in [0.3, 0.4) is 0 Å². The predicted octanol–water partition coefficient (Wildman–Crippen LogP) is 4.31.